The van der Waals surface area contributed by atoms with Crippen LogP contribution in [0.4, 0.5) is 5.69 Å². The van der Waals surface area contributed by atoms with E-state index >= 15 is 0 Å². The van der Waals surface area contributed by atoms with Crippen LogP contribution in [-0.2, 0) is 13.6 Å². The maximum Gasteiger partial charge on any atom is 0.191 e. The summed E-state index contributed by atoms with van der Waals surface area (Å²) in [5.41, 5.74) is 2.58. The molecule has 0 saturated carbocycles. The Kier molecular flexibility index (Phi) is 10.0. The molecule has 0 fully saturated rings. The van der Waals surface area contributed by atoms with E-state index in [1.165, 1.54) is 11.3 Å². The molecule has 144 valence electrons. The largest absolute Gasteiger partial charge is 0.370 e. The Morgan fingerprint density at radius 2 is 2.00 bits per heavy atom. The quantitative estimate of drug-likeness (QED) is 0.352. The van der Waals surface area contributed by atoms with Crippen LogP contribution in [0.15, 0.2) is 35.6 Å². The van der Waals surface area contributed by atoms with E-state index < -0.39 is 0 Å². The number of aromatic nitrogens is 3. The third-order valence-electron chi connectivity index (χ3n) is 4.04. The van der Waals surface area contributed by atoms with Gasteiger partial charge in [0.05, 0.1) is 0 Å². The number of halogens is 1. The van der Waals surface area contributed by atoms with Crippen molar-refractivity contribution in [2.75, 3.05) is 31.1 Å². The standard InChI is InChI=1S/C18H29N7.HI/c1-5-19-18(21-13-17-22-14-23-24(17)4)20-11-12-25(6-2)16-10-8-7-9-15(16)3;/h7-10,14H,5-6,11-13H2,1-4H3,(H2,19,20,21);1H. The van der Waals surface area contributed by atoms with E-state index in [9.17, 15) is 0 Å². The summed E-state index contributed by atoms with van der Waals surface area (Å²) in [7, 11) is 1.87. The van der Waals surface area contributed by atoms with E-state index in [0.717, 1.165) is 38.0 Å². The van der Waals surface area contributed by atoms with Crippen LogP contribution >= 0.6 is 24.0 Å². The highest BCUT2D eigenvalue weighted by Crippen LogP contribution is 2.18. The summed E-state index contributed by atoms with van der Waals surface area (Å²) < 4.78 is 1.74. The van der Waals surface area contributed by atoms with E-state index in [1.807, 2.05) is 7.05 Å². The number of hydrogen-bond acceptors (Lipinski definition) is 4. The van der Waals surface area contributed by atoms with Crippen molar-refractivity contribution >= 4 is 35.6 Å². The van der Waals surface area contributed by atoms with Gasteiger partial charge in [-0.05, 0) is 32.4 Å². The molecule has 26 heavy (non-hydrogen) atoms. The van der Waals surface area contributed by atoms with Gasteiger partial charge in [-0.1, -0.05) is 18.2 Å². The van der Waals surface area contributed by atoms with Gasteiger partial charge in [-0.3, -0.25) is 4.68 Å². The van der Waals surface area contributed by atoms with Gasteiger partial charge in [0, 0.05) is 38.9 Å². The highest BCUT2D eigenvalue weighted by atomic mass is 127. The lowest BCUT2D eigenvalue weighted by molar-refractivity contribution is 0.695. The van der Waals surface area contributed by atoms with Crippen molar-refractivity contribution in [2.24, 2.45) is 12.0 Å². The molecule has 1 aromatic heterocycles. The lowest BCUT2D eigenvalue weighted by Gasteiger charge is -2.25. The molecule has 0 unspecified atom stereocenters. The molecular weight excluding hydrogens is 441 g/mol. The average Bonchev–Trinajstić information content (AvgIpc) is 3.02. The molecule has 0 aliphatic carbocycles. The summed E-state index contributed by atoms with van der Waals surface area (Å²) >= 11 is 0. The Bertz CT molecular complexity index is 684. The minimum atomic E-state index is 0. The number of aliphatic imine (C=N–C) groups is 1. The molecule has 0 atom stereocenters. The Labute approximate surface area is 173 Å². The van der Waals surface area contributed by atoms with Gasteiger partial charge in [0.25, 0.3) is 0 Å². The summed E-state index contributed by atoms with van der Waals surface area (Å²) in [5, 5.41) is 10.7. The van der Waals surface area contributed by atoms with Crippen LogP contribution in [0.3, 0.4) is 0 Å². The molecule has 1 heterocycles. The summed E-state index contributed by atoms with van der Waals surface area (Å²) in [5.74, 6) is 1.64. The molecule has 2 aromatic rings. The minimum Gasteiger partial charge on any atom is -0.370 e. The molecule has 0 bridgehead atoms. The fraction of sp³-hybridized carbons (Fsp3) is 0.500. The molecule has 0 radical (unpaired) electrons. The van der Waals surface area contributed by atoms with Crippen molar-refractivity contribution in [1.29, 1.82) is 0 Å². The second-order valence-electron chi connectivity index (χ2n) is 5.79. The van der Waals surface area contributed by atoms with E-state index in [-0.39, 0.29) is 24.0 Å². The average molecular weight is 471 g/mol. The van der Waals surface area contributed by atoms with E-state index in [0.29, 0.717) is 6.54 Å². The van der Waals surface area contributed by atoms with Gasteiger partial charge in [-0.15, -0.1) is 24.0 Å². The molecule has 0 aliphatic rings. The van der Waals surface area contributed by atoms with Gasteiger partial charge in [-0.2, -0.15) is 5.10 Å². The lowest BCUT2D eigenvalue weighted by Crippen LogP contribution is -2.41. The molecule has 0 spiro atoms. The SMILES string of the molecule is CCNC(=NCc1ncnn1C)NCCN(CC)c1ccccc1C.I. The fourth-order valence-electron chi connectivity index (χ4n) is 2.63. The number of nitrogens with zero attached hydrogens (tertiary/aromatic N) is 5. The monoisotopic (exact) mass is 471 g/mol. The summed E-state index contributed by atoms with van der Waals surface area (Å²) in [6.07, 6.45) is 1.55. The summed E-state index contributed by atoms with van der Waals surface area (Å²) in [6, 6.07) is 8.49. The van der Waals surface area contributed by atoms with Gasteiger partial charge in [0.15, 0.2) is 5.96 Å². The van der Waals surface area contributed by atoms with Crippen molar-refractivity contribution in [3.63, 3.8) is 0 Å². The van der Waals surface area contributed by atoms with Crippen LogP contribution in [0.1, 0.15) is 25.2 Å². The van der Waals surface area contributed by atoms with Gasteiger partial charge in [0.1, 0.15) is 18.7 Å². The number of anilines is 1. The first-order chi connectivity index (χ1) is 12.2. The Balaban J connectivity index is 0.00000338. The number of benzene rings is 1. The summed E-state index contributed by atoms with van der Waals surface area (Å²) in [4.78, 5) is 11.2. The highest BCUT2D eigenvalue weighted by Gasteiger charge is 2.07. The van der Waals surface area contributed by atoms with Crippen molar-refractivity contribution < 1.29 is 0 Å². The van der Waals surface area contributed by atoms with E-state index in [2.05, 4.69) is 75.6 Å². The first kappa shape index (κ1) is 22.2. The predicted octanol–water partition coefficient (Wildman–Crippen LogP) is 2.32. The van der Waals surface area contributed by atoms with Crippen LogP contribution in [0.25, 0.3) is 0 Å². The number of aryl methyl sites for hydroxylation is 2. The predicted molar refractivity (Wildman–Crippen MR) is 118 cm³/mol. The molecule has 0 aliphatic heterocycles. The molecule has 7 nitrogen and oxygen atoms in total. The third-order valence-corrected chi connectivity index (χ3v) is 4.04. The molecule has 1 aromatic carbocycles. The number of likely N-dealkylation sites (N-methyl/N-ethyl adjacent to an activating group) is 1. The summed E-state index contributed by atoms with van der Waals surface area (Å²) in [6.45, 7) is 10.4. The number of rotatable bonds is 8. The van der Waals surface area contributed by atoms with Crippen molar-refractivity contribution in [1.82, 2.24) is 25.4 Å². The Hall–Kier alpha value is -1.84. The van der Waals surface area contributed by atoms with Crippen LogP contribution in [0, 0.1) is 6.92 Å². The van der Waals surface area contributed by atoms with Gasteiger partial charge in [0.2, 0.25) is 0 Å². The smallest absolute Gasteiger partial charge is 0.191 e. The topological polar surface area (TPSA) is 70.4 Å². The van der Waals surface area contributed by atoms with Crippen molar-refractivity contribution in [3.05, 3.63) is 42.0 Å². The number of para-hydroxylation sites is 1. The van der Waals surface area contributed by atoms with E-state index in [4.69, 9.17) is 0 Å². The number of nitrogens with one attached hydrogen (secondary N) is 2. The second kappa shape index (κ2) is 11.7. The number of guanidine groups is 1. The zero-order chi connectivity index (χ0) is 18.1. The zero-order valence-electron chi connectivity index (χ0n) is 16.1. The zero-order valence-corrected chi connectivity index (χ0v) is 18.4. The van der Waals surface area contributed by atoms with E-state index in [1.54, 1.807) is 11.0 Å². The maximum absolute atomic E-state index is 4.58. The van der Waals surface area contributed by atoms with Crippen molar-refractivity contribution in [3.8, 4) is 0 Å². The molecule has 8 heteroatoms. The fourth-order valence-corrected chi connectivity index (χ4v) is 2.63. The molecule has 0 amide bonds. The Morgan fingerprint density at radius 1 is 1.23 bits per heavy atom. The van der Waals surface area contributed by atoms with Crippen LogP contribution < -0.4 is 15.5 Å². The second-order valence-corrected chi connectivity index (χ2v) is 5.79. The van der Waals surface area contributed by atoms with Crippen molar-refractivity contribution in [2.45, 2.75) is 27.3 Å². The number of hydrogen-bond donors (Lipinski definition) is 2. The lowest BCUT2D eigenvalue weighted by atomic mass is 10.2. The van der Waals surface area contributed by atoms with Gasteiger partial charge in [-0.25, -0.2) is 9.98 Å². The van der Waals surface area contributed by atoms with Gasteiger partial charge < -0.3 is 15.5 Å². The molecule has 2 N–H and O–H groups in total. The molecular formula is C18H30IN7. The maximum atomic E-state index is 4.58. The molecule has 2 rings (SSSR count). The third kappa shape index (κ3) is 6.47. The highest BCUT2D eigenvalue weighted by molar-refractivity contribution is 14.0. The Morgan fingerprint density at radius 3 is 2.62 bits per heavy atom. The minimum absolute atomic E-state index is 0. The molecule has 0 saturated heterocycles. The first-order valence-electron chi connectivity index (χ1n) is 8.81. The van der Waals surface area contributed by atoms with Gasteiger partial charge >= 0.3 is 0 Å². The first-order valence-corrected chi connectivity index (χ1v) is 8.81. The van der Waals surface area contributed by atoms with Crippen LogP contribution in [0.5, 0.6) is 0 Å². The van der Waals surface area contributed by atoms with Crippen LogP contribution in [0.2, 0.25) is 0 Å². The normalized spacial score (nSPS) is 11.0. The van der Waals surface area contributed by atoms with Crippen LogP contribution in [-0.4, -0.2) is 46.9 Å².